The summed E-state index contributed by atoms with van der Waals surface area (Å²) < 4.78 is 5.31. The second kappa shape index (κ2) is 10.0. The van der Waals surface area contributed by atoms with Crippen molar-refractivity contribution in [2.45, 2.75) is 13.3 Å². The molecule has 1 fully saturated rings. The number of benzene rings is 2. The Kier molecular flexibility index (Phi) is 7.17. The van der Waals surface area contributed by atoms with E-state index in [4.69, 9.17) is 4.74 Å². The minimum atomic E-state index is -0.191. The average molecular weight is 381 g/mol. The average Bonchev–Trinajstić information content (AvgIpc) is 2.75. The summed E-state index contributed by atoms with van der Waals surface area (Å²) in [6.45, 7) is 6.80. The predicted octanol–water partition coefficient (Wildman–Crippen LogP) is 2.56. The van der Waals surface area contributed by atoms with Crippen LogP contribution in [0.3, 0.4) is 0 Å². The van der Waals surface area contributed by atoms with Gasteiger partial charge in [-0.2, -0.15) is 0 Å². The van der Waals surface area contributed by atoms with Crippen LogP contribution in [0.4, 0.5) is 5.69 Å². The molecular weight excluding hydrogens is 354 g/mol. The number of carbonyl (C=O) groups is 2. The standard InChI is InChI=1S/C22H27N3O3/c1-2-17-3-9-20(10-4-17)24-22(27)19-7-5-18(6-8-19)21(26)23-11-12-25-13-15-28-16-14-25/h3-10H,2,11-16H2,1H3,(H,23,26)(H,24,27). The number of nitrogens with zero attached hydrogens (tertiary/aromatic N) is 1. The van der Waals surface area contributed by atoms with Crippen LogP contribution in [0.15, 0.2) is 48.5 Å². The molecule has 0 aliphatic carbocycles. The van der Waals surface area contributed by atoms with E-state index in [1.807, 2.05) is 24.3 Å². The Balaban J connectivity index is 1.48. The molecule has 1 aliphatic rings. The van der Waals surface area contributed by atoms with Gasteiger partial charge in [-0.15, -0.1) is 0 Å². The number of morpholine rings is 1. The van der Waals surface area contributed by atoms with E-state index in [0.29, 0.717) is 17.7 Å². The molecule has 0 saturated carbocycles. The van der Waals surface area contributed by atoms with Gasteiger partial charge in [0.1, 0.15) is 0 Å². The van der Waals surface area contributed by atoms with Crippen LogP contribution >= 0.6 is 0 Å². The Morgan fingerprint density at radius 1 is 0.929 bits per heavy atom. The van der Waals surface area contributed by atoms with Crippen LogP contribution in [0.1, 0.15) is 33.2 Å². The van der Waals surface area contributed by atoms with Crippen LogP contribution < -0.4 is 10.6 Å². The van der Waals surface area contributed by atoms with Gasteiger partial charge in [-0.3, -0.25) is 14.5 Å². The molecule has 1 saturated heterocycles. The topological polar surface area (TPSA) is 70.7 Å². The highest BCUT2D eigenvalue weighted by atomic mass is 16.5. The highest BCUT2D eigenvalue weighted by Gasteiger charge is 2.12. The summed E-state index contributed by atoms with van der Waals surface area (Å²) >= 11 is 0. The lowest BCUT2D eigenvalue weighted by Crippen LogP contribution is -2.41. The molecule has 3 rings (SSSR count). The Labute approximate surface area is 165 Å². The number of hydrogen-bond donors (Lipinski definition) is 2. The van der Waals surface area contributed by atoms with Crippen molar-refractivity contribution in [2.75, 3.05) is 44.7 Å². The van der Waals surface area contributed by atoms with Crippen LogP contribution in [-0.2, 0) is 11.2 Å². The van der Waals surface area contributed by atoms with Crippen LogP contribution in [0.25, 0.3) is 0 Å². The van der Waals surface area contributed by atoms with Gasteiger partial charge in [0.25, 0.3) is 11.8 Å². The van der Waals surface area contributed by atoms with E-state index in [0.717, 1.165) is 45.0 Å². The molecule has 0 aromatic heterocycles. The summed E-state index contributed by atoms with van der Waals surface area (Å²) in [6, 6.07) is 14.5. The van der Waals surface area contributed by atoms with E-state index in [-0.39, 0.29) is 11.8 Å². The fourth-order valence-electron chi connectivity index (χ4n) is 3.05. The van der Waals surface area contributed by atoms with Gasteiger partial charge >= 0.3 is 0 Å². The van der Waals surface area contributed by atoms with Gasteiger partial charge in [-0.05, 0) is 48.4 Å². The smallest absolute Gasteiger partial charge is 0.255 e. The summed E-state index contributed by atoms with van der Waals surface area (Å²) in [4.78, 5) is 26.9. The second-order valence-corrected chi connectivity index (χ2v) is 6.79. The third kappa shape index (κ3) is 5.65. The zero-order chi connectivity index (χ0) is 19.8. The van der Waals surface area contributed by atoms with Gasteiger partial charge in [-0.1, -0.05) is 19.1 Å². The maximum atomic E-state index is 12.4. The molecule has 1 aliphatic heterocycles. The normalized spacial score (nSPS) is 14.5. The van der Waals surface area contributed by atoms with Crippen molar-refractivity contribution >= 4 is 17.5 Å². The van der Waals surface area contributed by atoms with E-state index in [2.05, 4.69) is 22.5 Å². The highest BCUT2D eigenvalue weighted by molar-refractivity contribution is 6.05. The number of hydrogen-bond acceptors (Lipinski definition) is 4. The van der Waals surface area contributed by atoms with E-state index in [9.17, 15) is 9.59 Å². The quantitative estimate of drug-likeness (QED) is 0.773. The van der Waals surface area contributed by atoms with Crippen LogP contribution in [0.5, 0.6) is 0 Å². The number of ether oxygens (including phenoxy) is 1. The number of aryl methyl sites for hydroxylation is 1. The van der Waals surface area contributed by atoms with Crippen molar-refractivity contribution < 1.29 is 14.3 Å². The molecule has 0 bridgehead atoms. The molecule has 148 valence electrons. The highest BCUT2D eigenvalue weighted by Crippen LogP contribution is 2.12. The molecule has 0 radical (unpaired) electrons. The zero-order valence-electron chi connectivity index (χ0n) is 16.2. The molecule has 0 spiro atoms. The van der Waals surface area contributed by atoms with E-state index < -0.39 is 0 Å². The molecule has 28 heavy (non-hydrogen) atoms. The monoisotopic (exact) mass is 381 g/mol. The maximum Gasteiger partial charge on any atom is 0.255 e. The number of amides is 2. The Morgan fingerprint density at radius 3 is 2.14 bits per heavy atom. The summed E-state index contributed by atoms with van der Waals surface area (Å²) in [6.07, 6.45) is 0.962. The van der Waals surface area contributed by atoms with Crippen molar-refractivity contribution in [3.05, 3.63) is 65.2 Å². The van der Waals surface area contributed by atoms with Gasteiger partial charge in [0.2, 0.25) is 0 Å². The van der Waals surface area contributed by atoms with Gasteiger partial charge in [0.05, 0.1) is 13.2 Å². The molecule has 2 aromatic carbocycles. The lowest BCUT2D eigenvalue weighted by atomic mass is 10.1. The molecule has 2 N–H and O–H groups in total. The fraction of sp³-hybridized carbons (Fsp3) is 0.364. The van der Waals surface area contributed by atoms with Crippen molar-refractivity contribution in [3.8, 4) is 0 Å². The summed E-state index contributed by atoms with van der Waals surface area (Å²) in [5.41, 5.74) is 3.05. The first kappa shape index (κ1) is 20.0. The van der Waals surface area contributed by atoms with E-state index >= 15 is 0 Å². The van der Waals surface area contributed by atoms with Crippen LogP contribution in [-0.4, -0.2) is 56.1 Å². The van der Waals surface area contributed by atoms with Crippen LogP contribution in [0.2, 0.25) is 0 Å². The summed E-state index contributed by atoms with van der Waals surface area (Å²) in [5, 5.41) is 5.80. The Bertz CT molecular complexity index is 782. The predicted molar refractivity (Wildman–Crippen MR) is 110 cm³/mol. The Hall–Kier alpha value is -2.70. The van der Waals surface area contributed by atoms with Gasteiger partial charge in [0.15, 0.2) is 0 Å². The minimum Gasteiger partial charge on any atom is -0.379 e. The lowest BCUT2D eigenvalue weighted by molar-refractivity contribution is 0.0383. The van der Waals surface area contributed by atoms with Crippen LogP contribution in [0, 0.1) is 0 Å². The molecule has 2 aromatic rings. The fourth-order valence-corrected chi connectivity index (χ4v) is 3.05. The molecule has 0 unspecified atom stereocenters. The van der Waals surface area contributed by atoms with E-state index in [1.54, 1.807) is 24.3 Å². The van der Waals surface area contributed by atoms with Crippen molar-refractivity contribution in [1.82, 2.24) is 10.2 Å². The van der Waals surface area contributed by atoms with Gasteiger partial charge < -0.3 is 15.4 Å². The maximum absolute atomic E-state index is 12.4. The zero-order valence-corrected chi connectivity index (χ0v) is 16.2. The third-order valence-electron chi connectivity index (χ3n) is 4.85. The molecule has 2 amide bonds. The largest absolute Gasteiger partial charge is 0.379 e. The van der Waals surface area contributed by atoms with E-state index in [1.165, 1.54) is 5.56 Å². The number of anilines is 1. The first-order chi connectivity index (χ1) is 13.7. The lowest BCUT2D eigenvalue weighted by Gasteiger charge is -2.26. The minimum absolute atomic E-state index is 0.129. The third-order valence-corrected chi connectivity index (χ3v) is 4.85. The number of nitrogens with one attached hydrogen (secondary N) is 2. The molecule has 0 atom stereocenters. The Morgan fingerprint density at radius 2 is 1.54 bits per heavy atom. The number of carbonyl (C=O) groups excluding carboxylic acids is 2. The first-order valence-electron chi connectivity index (χ1n) is 9.74. The summed E-state index contributed by atoms with van der Waals surface area (Å²) in [5.74, 6) is -0.320. The van der Waals surface area contributed by atoms with Gasteiger partial charge in [-0.25, -0.2) is 0 Å². The second-order valence-electron chi connectivity index (χ2n) is 6.79. The summed E-state index contributed by atoms with van der Waals surface area (Å²) in [7, 11) is 0. The molecular formula is C22H27N3O3. The molecule has 6 heteroatoms. The van der Waals surface area contributed by atoms with Crippen molar-refractivity contribution in [1.29, 1.82) is 0 Å². The number of rotatable bonds is 7. The molecule has 1 heterocycles. The molecule has 6 nitrogen and oxygen atoms in total. The van der Waals surface area contributed by atoms with Gasteiger partial charge in [0, 0.05) is 43.0 Å². The van der Waals surface area contributed by atoms with Crippen molar-refractivity contribution in [2.24, 2.45) is 0 Å². The first-order valence-corrected chi connectivity index (χ1v) is 9.74. The van der Waals surface area contributed by atoms with Crippen molar-refractivity contribution in [3.63, 3.8) is 0 Å². The SMILES string of the molecule is CCc1ccc(NC(=O)c2ccc(C(=O)NCCN3CCOCC3)cc2)cc1.